The molecule has 0 aromatic heterocycles. The van der Waals surface area contributed by atoms with E-state index in [1.807, 2.05) is 24.0 Å². The van der Waals surface area contributed by atoms with E-state index in [4.69, 9.17) is 4.74 Å². The van der Waals surface area contributed by atoms with Crippen LogP contribution in [0.3, 0.4) is 0 Å². The molecule has 3 aromatic carbocycles. The van der Waals surface area contributed by atoms with Crippen LogP contribution >= 0.6 is 0 Å². The van der Waals surface area contributed by atoms with Gasteiger partial charge in [0.1, 0.15) is 12.3 Å². The van der Waals surface area contributed by atoms with Crippen molar-refractivity contribution in [2.24, 2.45) is 5.10 Å². The van der Waals surface area contributed by atoms with Gasteiger partial charge in [-0.25, -0.2) is 13.8 Å². The fourth-order valence-corrected chi connectivity index (χ4v) is 5.93. The van der Waals surface area contributed by atoms with E-state index in [1.54, 1.807) is 54.6 Å². The molecule has 9 nitrogen and oxygen atoms in total. The molecule has 40 heavy (non-hydrogen) atoms. The number of sulfonamides is 1. The molecule has 0 unspecified atom stereocenters. The summed E-state index contributed by atoms with van der Waals surface area (Å²) in [7, 11) is -4.00. The predicted octanol–water partition coefficient (Wildman–Crippen LogP) is 3.99. The Kier molecular flexibility index (Phi) is 9.91. The monoisotopic (exact) mass is 562 g/mol. The number of rotatable bonds is 11. The highest BCUT2D eigenvalue weighted by Gasteiger charge is 2.28. The van der Waals surface area contributed by atoms with Gasteiger partial charge in [-0.1, -0.05) is 43.3 Å². The number of nitrogens with zero attached hydrogens (tertiary/aromatic N) is 3. The Morgan fingerprint density at radius 2 is 1.62 bits per heavy atom. The quantitative estimate of drug-likeness (QED) is 0.281. The number of hydrogen-bond donors (Lipinski definition) is 1. The van der Waals surface area contributed by atoms with E-state index in [9.17, 15) is 18.0 Å². The summed E-state index contributed by atoms with van der Waals surface area (Å²) in [5.74, 6) is -0.0429. The molecule has 1 aliphatic rings. The number of piperidine rings is 1. The van der Waals surface area contributed by atoms with Gasteiger partial charge in [0.25, 0.3) is 21.8 Å². The number of amides is 2. The maximum atomic E-state index is 13.5. The Labute approximate surface area is 235 Å². The van der Waals surface area contributed by atoms with Crippen LogP contribution in [0.15, 0.2) is 88.9 Å². The second-order valence-corrected chi connectivity index (χ2v) is 11.3. The maximum Gasteiger partial charge on any atom is 0.264 e. The average Bonchev–Trinajstić information content (AvgIpc) is 3.00. The van der Waals surface area contributed by atoms with Gasteiger partial charge in [0.05, 0.1) is 16.8 Å². The number of para-hydroxylation sites is 1. The highest BCUT2D eigenvalue weighted by Crippen LogP contribution is 2.27. The van der Waals surface area contributed by atoms with Gasteiger partial charge in [-0.3, -0.25) is 13.9 Å². The number of likely N-dealkylation sites (tertiary alicyclic amines) is 1. The molecule has 0 aliphatic carbocycles. The lowest BCUT2D eigenvalue weighted by atomic mass is 10.1. The first kappa shape index (κ1) is 28.8. The van der Waals surface area contributed by atoms with E-state index < -0.39 is 22.5 Å². The summed E-state index contributed by atoms with van der Waals surface area (Å²) in [6, 6.07) is 22.1. The Morgan fingerprint density at radius 1 is 0.950 bits per heavy atom. The van der Waals surface area contributed by atoms with Gasteiger partial charge in [0.2, 0.25) is 0 Å². The van der Waals surface area contributed by atoms with Gasteiger partial charge in [-0.05, 0) is 79.3 Å². The third kappa shape index (κ3) is 7.47. The van der Waals surface area contributed by atoms with Crippen LogP contribution in [0.2, 0.25) is 0 Å². The van der Waals surface area contributed by atoms with Crippen LogP contribution in [-0.4, -0.2) is 57.6 Å². The summed E-state index contributed by atoms with van der Waals surface area (Å²) in [6.07, 6.45) is 5.28. The van der Waals surface area contributed by atoms with Crippen LogP contribution in [0, 0.1) is 0 Å². The van der Waals surface area contributed by atoms with Gasteiger partial charge in [0.15, 0.2) is 6.61 Å². The molecule has 0 saturated carbocycles. The zero-order valence-corrected chi connectivity index (χ0v) is 23.3. The molecule has 1 aliphatic heterocycles. The minimum atomic E-state index is -4.00. The minimum Gasteiger partial charge on any atom is -0.484 e. The molecular formula is C30H34N4O5S. The van der Waals surface area contributed by atoms with E-state index in [0.29, 0.717) is 23.4 Å². The summed E-state index contributed by atoms with van der Waals surface area (Å²) in [5, 5.41) is 4.00. The molecule has 0 bridgehead atoms. The summed E-state index contributed by atoms with van der Waals surface area (Å²) < 4.78 is 33.8. The first-order chi connectivity index (χ1) is 19.4. The number of carbonyl (C=O) groups excluding carboxylic acids is 2. The number of nitrogens with one attached hydrogen (secondary N) is 1. The van der Waals surface area contributed by atoms with Crippen molar-refractivity contribution < 1.29 is 22.7 Å². The van der Waals surface area contributed by atoms with Crippen LogP contribution in [0.1, 0.15) is 37.3 Å². The zero-order chi connectivity index (χ0) is 28.4. The van der Waals surface area contributed by atoms with Crippen molar-refractivity contribution in [1.29, 1.82) is 0 Å². The molecule has 0 spiro atoms. The molecule has 10 heteroatoms. The number of hydrogen-bond acceptors (Lipinski definition) is 6. The Hall–Kier alpha value is -4.18. The molecule has 4 rings (SSSR count). The molecule has 1 N–H and O–H groups in total. The first-order valence-electron chi connectivity index (χ1n) is 13.4. The molecular weight excluding hydrogens is 528 g/mol. The summed E-state index contributed by atoms with van der Waals surface area (Å²) in [4.78, 5) is 27.1. The molecule has 1 saturated heterocycles. The molecule has 2 amide bonds. The van der Waals surface area contributed by atoms with Crippen molar-refractivity contribution in [2.75, 3.05) is 30.5 Å². The maximum absolute atomic E-state index is 13.5. The average molecular weight is 563 g/mol. The fraction of sp³-hybridized carbons (Fsp3) is 0.300. The number of ether oxygens (including phenoxy) is 1. The smallest absolute Gasteiger partial charge is 0.264 e. The lowest BCUT2D eigenvalue weighted by molar-refractivity contribution is -0.134. The predicted molar refractivity (Wildman–Crippen MR) is 155 cm³/mol. The summed E-state index contributed by atoms with van der Waals surface area (Å²) in [5.41, 5.74) is 4.37. The minimum absolute atomic E-state index is 0.00690. The normalized spacial score (nSPS) is 13.7. The molecule has 210 valence electrons. The molecule has 1 fully saturated rings. The van der Waals surface area contributed by atoms with Gasteiger partial charge < -0.3 is 9.64 Å². The van der Waals surface area contributed by atoms with E-state index in [0.717, 1.165) is 42.2 Å². The largest absolute Gasteiger partial charge is 0.484 e. The summed E-state index contributed by atoms with van der Waals surface area (Å²) >= 11 is 0. The second kappa shape index (κ2) is 13.7. The Morgan fingerprint density at radius 3 is 2.33 bits per heavy atom. The van der Waals surface area contributed by atoms with Crippen molar-refractivity contribution in [1.82, 2.24) is 10.3 Å². The highest BCUT2D eigenvalue weighted by atomic mass is 32.2. The van der Waals surface area contributed by atoms with Crippen LogP contribution in [-0.2, 0) is 26.0 Å². The van der Waals surface area contributed by atoms with Gasteiger partial charge >= 0.3 is 0 Å². The topological polar surface area (TPSA) is 108 Å². The van der Waals surface area contributed by atoms with Crippen LogP contribution < -0.4 is 14.5 Å². The lowest BCUT2D eigenvalue weighted by Gasteiger charge is -2.26. The van der Waals surface area contributed by atoms with Crippen molar-refractivity contribution >= 4 is 33.7 Å². The molecule has 0 atom stereocenters. The number of anilines is 1. The number of hydrazone groups is 1. The number of aryl methyl sites for hydroxylation is 1. The van der Waals surface area contributed by atoms with E-state index in [1.165, 1.54) is 18.3 Å². The Bertz CT molecular complexity index is 1420. The van der Waals surface area contributed by atoms with Crippen molar-refractivity contribution in [2.45, 2.75) is 37.5 Å². The van der Waals surface area contributed by atoms with Gasteiger partial charge in [0, 0.05) is 13.1 Å². The standard InChI is InChI=1S/C30H34N4O5S/c1-2-25-11-7-8-14-28(25)34(40(37,38)27-12-5-3-6-13-27)22-29(35)32-31-21-24-15-17-26(18-16-24)39-23-30(36)33-19-9-4-10-20-33/h3,5-8,11-18,21H,2,4,9-10,19-20,22-23H2,1H3,(H,32,35)/b31-21-. The zero-order valence-electron chi connectivity index (χ0n) is 22.5. The molecule has 0 radical (unpaired) electrons. The number of carbonyl (C=O) groups is 2. The van der Waals surface area contributed by atoms with Gasteiger partial charge in [-0.2, -0.15) is 5.10 Å². The fourth-order valence-electron chi connectivity index (χ4n) is 4.45. The van der Waals surface area contributed by atoms with E-state index in [-0.39, 0.29) is 17.4 Å². The van der Waals surface area contributed by atoms with Crippen LogP contribution in [0.5, 0.6) is 5.75 Å². The molecule has 1 heterocycles. The highest BCUT2D eigenvalue weighted by molar-refractivity contribution is 7.92. The lowest BCUT2D eigenvalue weighted by Crippen LogP contribution is -2.40. The summed E-state index contributed by atoms with van der Waals surface area (Å²) in [6.45, 7) is 3.05. The van der Waals surface area contributed by atoms with Crippen LogP contribution in [0.4, 0.5) is 5.69 Å². The third-order valence-electron chi connectivity index (χ3n) is 6.61. The SMILES string of the molecule is CCc1ccccc1N(CC(=O)N/N=C\c1ccc(OCC(=O)N2CCCCC2)cc1)S(=O)(=O)c1ccccc1. The van der Waals surface area contributed by atoms with Crippen molar-refractivity contribution in [3.8, 4) is 5.75 Å². The third-order valence-corrected chi connectivity index (χ3v) is 8.39. The van der Waals surface area contributed by atoms with Gasteiger partial charge in [-0.15, -0.1) is 0 Å². The second-order valence-electron chi connectivity index (χ2n) is 9.40. The Balaban J connectivity index is 1.38. The van der Waals surface area contributed by atoms with E-state index >= 15 is 0 Å². The van der Waals surface area contributed by atoms with E-state index in [2.05, 4.69) is 10.5 Å². The number of benzene rings is 3. The van der Waals surface area contributed by atoms with Crippen molar-refractivity contribution in [3.05, 3.63) is 90.0 Å². The van der Waals surface area contributed by atoms with Crippen LogP contribution in [0.25, 0.3) is 0 Å². The molecule has 3 aromatic rings. The van der Waals surface area contributed by atoms with Crippen molar-refractivity contribution in [3.63, 3.8) is 0 Å². The first-order valence-corrected chi connectivity index (χ1v) is 14.8.